The fraction of sp³-hybridized carbons (Fsp3) is 0.471. The zero-order valence-corrected chi connectivity index (χ0v) is 26.4. The summed E-state index contributed by atoms with van der Waals surface area (Å²) in [6, 6.07) is 18.1. The van der Waals surface area contributed by atoms with E-state index in [4.69, 9.17) is 4.74 Å². The number of likely N-dealkylation sites (tertiary alicyclic amines) is 1. The number of fused-ring (bicyclic) bond motifs is 1. The van der Waals surface area contributed by atoms with E-state index in [1.54, 1.807) is 6.92 Å². The number of rotatable bonds is 8. The molecule has 2 fully saturated rings. The van der Waals surface area contributed by atoms with Gasteiger partial charge in [0, 0.05) is 36.4 Å². The molecule has 204 valence electrons. The Kier molecular flexibility index (Phi) is 9.06. The first-order chi connectivity index (χ1) is 18.9. The Hall–Kier alpha value is -2.18. The third-order valence-electron chi connectivity index (χ3n) is 9.25. The van der Waals surface area contributed by atoms with Crippen molar-refractivity contribution in [2.24, 2.45) is 11.8 Å². The Morgan fingerprint density at radius 3 is 2.58 bits per heavy atom. The van der Waals surface area contributed by atoms with Crippen LogP contribution in [0.5, 0.6) is 5.75 Å². The number of carbonyl (C=O) groups is 1. The molecule has 3 aliphatic rings. The minimum absolute atomic E-state index is 0. The van der Waals surface area contributed by atoms with Crippen molar-refractivity contribution in [3.8, 4) is 16.9 Å². The van der Waals surface area contributed by atoms with Crippen molar-refractivity contribution < 1.29 is 44.2 Å². The molecule has 5 nitrogen and oxygen atoms in total. The fourth-order valence-electron chi connectivity index (χ4n) is 6.79. The van der Waals surface area contributed by atoms with E-state index >= 15 is 0 Å². The van der Waals surface area contributed by atoms with Crippen LogP contribution in [0.25, 0.3) is 11.1 Å². The van der Waals surface area contributed by atoms with E-state index in [2.05, 4.69) is 65.3 Å². The van der Waals surface area contributed by atoms with Crippen molar-refractivity contribution in [3.63, 3.8) is 0 Å². The van der Waals surface area contributed by atoms with Gasteiger partial charge in [-0.15, -0.1) is 0 Å². The van der Waals surface area contributed by atoms with Crippen LogP contribution >= 0.6 is 0 Å². The van der Waals surface area contributed by atoms with Crippen molar-refractivity contribution in [2.75, 3.05) is 6.54 Å². The number of pyridine rings is 1. The number of carboxylic acid groups (broad SMARTS) is 1. The smallest absolute Gasteiger partial charge is 0.550 e. The minimum Gasteiger partial charge on any atom is -0.550 e. The normalized spacial score (nSPS) is 22.1. The number of aliphatic carboxylic acids is 1. The fourth-order valence-corrected chi connectivity index (χ4v) is 6.79. The largest absolute Gasteiger partial charge is 1.00 e. The van der Waals surface area contributed by atoms with Crippen molar-refractivity contribution >= 4 is 5.97 Å². The maximum atomic E-state index is 11.8. The number of ether oxygens (including phenoxy) is 1. The number of carboxylic acids is 1. The van der Waals surface area contributed by atoms with Crippen LogP contribution in [0.3, 0.4) is 0 Å². The van der Waals surface area contributed by atoms with Crippen molar-refractivity contribution in [1.82, 2.24) is 9.88 Å². The van der Waals surface area contributed by atoms with E-state index in [-0.39, 0.29) is 41.6 Å². The van der Waals surface area contributed by atoms with Crippen molar-refractivity contribution in [1.29, 1.82) is 0 Å². The molecule has 1 saturated heterocycles. The molecule has 40 heavy (non-hydrogen) atoms. The second-order valence-electron chi connectivity index (χ2n) is 12.0. The maximum absolute atomic E-state index is 11.8. The Morgan fingerprint density at radius 2 is 1.88 bits per heavy atom. The summed E-state index contributed by atoms with van der Waals surface area (Å²) in [5.41, 5.74) is 8.31. The summed E-state index contributed by atoms with van der Waals surface area (Å²) in [7, 11) is 0. The van der Waals surface area contributed by atoms with E-state index in [9.17, 15) is 9.90 Å². The van der Waals surface area contributed by atoms with Gasteiger partial charge >= 0.3 is 29.6 Å². The molecule has 6 rings (SSSR count). The minimum atomic E-state index is -0.964. The molecule has 0 bridgehead atoms. The first-order valence-corrected chi connectivity index (χ1v) is 14.7. The van der Waals surface area contributed by atoms with Gasteiger partial charge in [0.05, 0.1) is 0 Å². The standard InChI is InChI=1S/C34H40N2O3.Na/c1-21-17-27(14-15-35-21)26-10-12-30(29(18-26)20-36-16-4-5-22(36)2)31-13-11-24-6-9-28(19-32(24)39-31)33(25-7-8-25)23(3)34(37)38;/h6,9-10,12,14-15,17-19,22-23,25,31,33H,4-5,7-8,11,13,16,20H2,1-3H3,(H,37,38);/q;+1/p-1/t22-,23+,31?,33+;/m1./s1. The van der Waals surface area contributed by atoms with Gasteiger partial charge in [-0.05, 0) is 128 Å². The molecule has 1 unspecified atom stereocenters. The van der Waals surface area contributed by atoms with Gasteiger partial charge in [0.15, 0.2) is 0 Å². The predicted molar refractivity (Wildman–Crippen MR) is 151 cm³/mol. The number of carbonyl (C=O) groups excluding carboxylic acids is 1. The SMILES string of the molecule is Cc1cc(-c2ccc(C3CCc4ccc([C@H](C5CC5)[C@H](C)C(=O)[O-])cc4O3)c(CN3CCC[C@H]3C)c2)ccn1.[Na+]. The summed E-state index contributed by atoms with van der Waals surface area (Å²) in [6.45, 7) is 8.22. The van der Waals surface area contributed by atoms with Crippen LogP contribution in [-0.4, -0.2) is 28.4 Å². The Balaban J connectivity index is 0.00000323. The average Bonchev–Trinajstić information content (AvgIpc) is 3.69. The van der Waals surface area contributed by atoms with E-state index in [0.29, 0.717) is 12.0 Å². The van der Waals surface area contributed by atoms with Crippen LogP contribution in [0.1, 0.15) is 85.9 Å². The summed E-state index contributed by atoms with van der Waals surface area (Å²) < 4.78 is 6.75. The molecule has 2 aromatic carbocycles. The molecule has 1 aliphatic carbocycles. The van der Waals surface area contributed by atoms with Crippen molar-refractivity contribution in [3.05, 3.63) is 82.7 Å². The molecule has 6 heteroatoms. The third-order valence-corrected chi connectivity index (χ3v) is 9.25. The molecule has 3 aromatic rings. The second-order valence-corrected chi connectivity index (χ2v) is 12.0. The predicted octanol–water partition coefficient (Wildman–Crippen LogP) is 2.99. The molecule has 0 amide bonds. The topological polar surface area (TPSA) is 65.5 Å². The summed E-state index contributed by atoms with van der Waals surface area (Å²) in [4.78, 5) is 18.8. The first kappa shape index (κ1) is 29.3. The average molecular weight is 547 g/mol. The zero-order valence-electron chi connectivity index (χ0n) is 24.4. The molecule has 1 saturated carbocycles. The molecular weight excluding hydrogens is 507 g/mol. The number of aromatic nitrogens is 1. The molecule has 2 aliphatic heterocycles. The van der Waals surface area contributed by atoms with E-state index in [0.717, 1.165) is 55.8 Å². The molecule has 0 N–H and O–H groups in total. The number of nitrogens with zero attached hydrogens (tertiary/aromatic N) is 2. The van der Waals surface area contributed by atoms with E-state index in [1.165, 1.54) is 40.7 Å². The first-order valence-electron chi connectivity index (χ1n) is 14.7. The van der Waals surface area contributed by atoms with Gasteiger partial charge in [0.25, 0.3) is 0 Å². The molecule has 3 heterocycles. The van der Waals surface area contributed by atoms with Crippen LogP contribution in [-0.2, 0) is 17.8 Å². The van der Waals surface area contributed by atoms with Crippen LogP contribution in [0.2, 0.25) is 0 Å². The zero-order chi connectivity index (χ0) is 27.1. The van der Waals surface area contributed by atoms with Gasteiger partial charge in [0.1, 0.15) is 11.9 Å². The van der Waals surface area contributed by atoms with Crippen LogP contribution in [0.15, 0.2) is 54.7 Å². The Bertz CT molecular complexity index is 1370. The van der Waals surface area contributed by atoms with Crippen LogP contribution in [0.4, 0.5) is 0 Å². The summed E-state index contributed by atoms with van der Waals surface area (Å²) in [5.74, 6) is -0.148. The van der Waals surface area contributed by atoms with Gasteiger partial charge in [0.2, 0.25) is 0 Å². The number of aryl methyl sites for hydroxylation is 2. The van der Waals surface area contributed by atoms with E-state index < -0.39 is 11.9 Å². The molecule has 0 radical (unpaired) electrons. The summed E-state index contributed by atoms with van der Waals surface area (Å²) in [5, 5.41) is 11.8. The molecule has 0 spiro atoms. The third kappa shape index (κ3) is 6.18. The van der Waals surface area contributed by atoms with Gasteiger partial charge in [-0.2, -0.15) is 0 Å². The maximum Gasteiger partial charge on any atom is 1.00 e. The summed E-state index contributed by atoms with van der Waals surface area (Å²) >= 11 is 0. The quantitative estimate of drug-likeness (QED) is 0.407. The number of hydrogen-bond acceptors (Lipinski definition) is 5. The molecule has 1 aromatic heterocycles. The number of hydrogen-bond donors (Lipinski definition) is 0. The van der Waals surface area contributed by atoms with Gasteiger partial charge in [-0.1, -0.05) is 31.2 Å². The molecule has 4 atom stereocenters. The van der Waals surface area contributed by atoms with Crippen LogP contribution in [0, 0.1) is 18.8 Å². The Labute approximate surface area is 260 Å². The van der Waals surface area contributed by atoms with Gasteiger partial charge in [-0.3, -0.25) is 9.88 Å². The monoisotopic (exact) mass is 546 g/mol. The number of benzene rings is 2. The summed E-state index contributed by atoms with van der Waals surface area (Å²) in [6.07, 6.45) is 8.43. The van der Waals surface area contributed by atoms with Crippen LogP contribution < -0.4 is 39.4 Å². The van der Waals surface area contributed by atoms with Crippen molar-refractivity contribution in [2.45, 2.75) is 83.9 Å². The van der Waals surface area contributed by atoms with E-state index in [1.807, 2.05) is 13.1 Å². The van der Waals surface area contributed by atoms with Gasteiger partial charge < -0.3 is 14.6 Å². The van der Waals surface area contributed by atoms with Gasteiger partial charge in [-0.25, -0.2) is 0 Å². The Morgan fingerprint density at radius 1 is 1.07 bits per heavy atom. The second kappa shape index (κ2) is 12.4. The molecular formula is C34H39N2NaO3.